The Hall–Kier alpha value is -1.54. The largest absolute Gasteiger partial charge is 0.427 e. The molecule has 0 aliphatic carbocycles. The zero-order chi connectivity index (χ0) is 18.9. The van der Waals surface area contributed by atoms with Gasteiger partial charge in [-0.15, -0.1) is 23.4 Å². The van der Waals surface area contributed by atoms with Crippen molar-refractivity contribution in [3.63, 3.8) is 0 Å². The van der Waals surface area contributed by atoms with E-state index in [0.717, 1.165) is 0 Å². The van der Waals surface area contributed by atoms with Gasteiger partial charge in [0.2, 0.25) is 12.7 Å². The highest BCUT2D eigenvalue weighted by Crippen LogP contribution is 2.50. The van der Waals surface area contributed by atoms with Crippen LogP contribution >= 0.6 is 23.4 Å². The normalized spacial score (nSPS) is 22.4. The third-order valence-corrected chi connectivity index (χ3v) is 5.56. The number of Topliss-reactive ketones (excluding diaryl/α,β-unsaturated/α-hetero) is 1. The maximum atomic E-state index is 12.3. The molecule has 0 bridgehead atoms. The van der Waals surface area contributed by atoms with Gasteiger partial charge in [-0.3, -0.25) is 14.5 Å². The second-order valence-corrected chi connectivity index (χ2v) is 8.34. The molecule has 7 nitrogen and oxygen atoms in total. The van der Waals surface area contributed by atoms with Crippen LogP contribution in [-0.2, 0) is 28.7 Å². The van der Waals surface area contributed by atoms with Crippen molar-refractivity contribution in [2.75, 3.05) is 12.7 Å². The van der Waals surface area contributed by atoms with Gasteiger partial charge in [-0.2, -0.15) is 0 Å². The summed E-state index contributed by atoms with van der Waals surface area (Å²) >= 11 is 7.16. The highest BCUT2D eigenvalue weighted by molar-refractivity contribution is 8.04. The molecule has 2 rings (SSSR count). The van der Waals surface area contributed by atoms with E-state index in [4.69, 9.17) is 21.1 Å². The number of rotatable bonds is 6. The quantitative estimate of drug-likeness (QED) is 0.297. The Morgan fingerprint density at radius 1 is 1.24 bits per heavy atom. The standard InChI is InChI=1S/C16H20ClNO6S/c1-8(19)5-9-12(20)18-11(10(6-17)25-13(9)18)14(21)23-7-24-15(22)16(2,3)4/h9,13H,5-7H2,1-4H3/t9-,13+/m0/s1. The summed E-state index contributed by atoms with van der Waals surface area (Å²) in [5.74, 6) is -2.08. The van der Waals surface area contributed by atoms with Crippen LogP contribution in [0, 0.1) is 11.3 Å². The number of β-lactam (4-membered cyclic amide) rings is 1. The molecule has 138 valence electrons. The summed E-state index contributed by atoms with van der Waals surface area (Å²) in [5, 5.41) is -0.315. The van der Waals surface area contributed by atoms with E-state index in [0.29, 0.717) is 4.91 Å². The first-order valence-electron chi connectivity index (χ1n) is 7.70. The predicted molar refractivity (Wildman–Crippen MR) is 91.3 cm³/mol. The van der Waals surface area contributed by atoms with Gasteiger partial charge >= 0.3 is 11.9 Å². The second-order valence-electron chi connectivity index (χ2n) is 6.87. The van der Waals surface area contributed by atoms with Crippen molar-refractivity contribution in [2.24, 2.45) is 11.3 Å². The first kappa shape index (κ1) is 19.8. The Labute approximate surface area is 155 Å². The van der Waals surface area contributed by atoms with Crippen molar-refractivity contribution in [1.29, 1.82) is 0 Å². The summed E-state index contributed by atoms with van der Waals surface area (Å²) in [5.41, 5.74) is -0.643. The summed E-state index contributed by atoms with van der Waals surface area (Å²) in [7, 11) is 0. The number of hydrogen-bond donors (Lipinski definition) is 0. The molecule has 2 aliphatic rings. The van der Waals surface area contributed by atoms with Crippen molar-refractivity contribution in [3.05, 3.63) is 10.6 Å². The van der Waals surface area contributed by atoms with Crippen LogP contribution in [0.15, 0.2) is 10.6 Å². The molecule has 1 fully saturated rings. The number of allylic oxidation sites excluding steroid dienone is 1. The Morgan fingerprint density at radius 3 is 2.40 bits per heavy atom. The van der Waals surface area contributed by atoms with Crippen LogP contribution in [0.5, 0.6) is 0 Å². The smallest absolute Gasteiger partial charge is 0.358 e. The van der Waals surface area contributed by atoms with Crippen molar-refractivity contribution in [2.45, 2.75) is 39.5 Å². The molecule has 0 aromatic carbocycles. The van der Waals surface area contributed by atoms with E-state index in [2.05, 4.69) is 0 Å². The first-order valence-corrected chi connectivity index (χ1v) is 9.12. The number of nitrogens with zero attached hydrogens (tertiary/aromatic N) is 1. The molecule has 2 aliphatic heterocycles. The number of fused-ring (bicyclic) bond motifs is 1. The molecule has 25 heavy (non-hydrogen) atoms. The molecule has 0 radical (unpaired) electrons. The molecule has 0 spiro atoms. The SMILES string of the molecule is CC(=O)C[C@H]1C(=O)N2C(C(=O)OCOC(=O)C(C)(C)C)=C(CCl)S[C@H]12. The van der Waals surface area contributed by atoms with Gasteiger partial charge in [0.1, 0.15) is 11.5 Å². The van der Waals surface area contributed by atoms with Crippen molar-refractivity contribution >= 4 is 47.0 Å². The number of ether oxygens (including phenoxy) is 2. The van der Waals surface area contributed by atoms with E-state index in [-0.39, 0.29) is 35.1 Å². The minimum atomic E-state index is -0.776. The summed E-state index contributed by atoms with van der Waals surface area (Å²) in [6.07, 6.45) is 0.133. The van der Waals surface area contributed by atoms with Crippen LogP contribution < -0.4 is 0 Å². The van der Waals surface area contributed by atoms with E-state index in [1.54, 1.807) is 20.8 Å². The topological polar surface area (TPSA) is 90.0 Å². The van der Waals surface area contributed by atoms with E-state index in [9.17, 15) is 19.2 Å². The summed E-state index contributed by atoms with van der Waals surface area (Å²) < 4.78 is 9.86. The minimum absolute atomic E-state index is 0.0456. The van der Waals surface area contributed by atoms with Crippen LogP contribution in [0.25, 0.3) is 0 Å². The summed E-state index contributed by atoms with van der Waals surface area (Å²) in [4.78, 5) is 49.3. The molecule has 9 heteroatoms. The zero-order valence-corrected chi connectivity index (χ0v) is 16.0. The molecule has 1 saturated heterocycles. The molecule has 2 heterocycles. The maximum absolute atomic E-state index is 12.3. The Balaban J connectivity index is 2.00. The number of halogens is 1. The zero-order valence-electron chi connectivity index (χ0n) is 14.5. The fourth-order valence-corrected chi connectivity index (χ4v) is 4.11. The highest BCUT2D eigenvalue weighted by atomic mass is 35.5. The number of amides is 1. The third kappa shape index (κ3) is 4.00. The lowest BCUT2D eigenvalue weighted by Crippen LogP contribution is -2.57. The summed E-state index contributed by atoms with van der Waals surface area (Å²) in [6.45, 7) is 5.92. The van der Waals surface area contributed by atoms with E-state index in [1.807, 2.05) is 0 Å². The lowest BCUT2D eigenvalue weighted by atomic mass is 9.92. The van der Waals surface area contributed by atoms with Gasteiger partial charge in [0.25, 0.3) is 0 Å². The number of carbonyl (C=O) groups is 4. The van der Waals surface area contributed by atoms with Crippen molar-refractivity contribution in [3.8, 4) is 0 Å². The molecule has 0 aromatic rings. The Bertz CT molecular complexity index is 654. The first-order chi connectivity index (χ1) is 11.6. The van der Waals surface area contributed by atoms with Crippen LogP contribution in [0.4, 0.5) is 0 Å². The molecule has 0 unspecified atom stereocenters. The molecule has 0 N–H and O–H groups in total. The van der Waals surface area contributed by atoms with Crippen molar-refractivity contribution in [1.82, 2.24) is 4.90 Å². The average Bonchev–Trinajstić information content (AvgIpc) is 2.86. The van der Waals surface area contributed by atoms with Crippen LogP contribution in [0.3, 0.4) is 0 Å². The Kier molecular flexibility index (Phi) is 5.83. The van der Waals surface area contributed by atoms with Gasteiger partial charge in [0.15, 0.2) is 0 Å². The summed E-state index contributed by atoms with van der Waals surface area (Å²) in [6, 6.07) is 0. The van der Waals surface area contributed by atoms with Gasteiger partial charge in [-0.05, 0) is 27.7 Å². The minimum Gasteiger partial charge on any atom is -0.427 e. The predicted octanol–water partition coefficient (Wildman–Crippen LogP) is 2.04. The highest BCUT2D eigenvalue weighted by Gasteiger charge is 2.56. The molecular formula is C16H20ClNO6S. The van der Waals surface area contributed by atoms with Crippen LogP contribution in [-0.4, -0.2) is 46.6 Å². The number of esters is 2. The van der Waals surface area contributed by atoms with E-state index < -0.39 is 30.1 Å². The van der Waals surface area contributed by atoms with Gasteiger partial charge in [-0.1, -0.05) is 0 Å². The third-order valence-electron chi connectivity index (χ3n) is 3.74. The van der Waals surface area contributed by atoms with E-state index in [1.165, 1.54) is 23.6 Å². The fourth-order valence-electron chi connectivity index (χ4n) is 2.46. The van der Waals surface area contributed by atoms with Gasteiger partial charge < -0.3 is 14.3 Å². The number of ketones is 1. The number of thioether (sulfide) groups is 1. The molecular weight excluding hydrogens is 370 g/mol. The monoisotopic (exact) mass is 389 g/mol. The van der Waals surface area contributed by atoms with Gasteiger partial charge in [0, 0.05) is 11.3 Å². The van der Waals surface area contributed by atoms with Crippen molar-refractivity contribution < 1.29 is 28.7 Å². The maximum Gasteiger partial charge on any atom is 0.358 e. The van der Waals surface area contributed by atoms with Gasteiger partial charge in [-0.25, -0.2) is 4.79 Å². The second kappa shape index (κ2) is 7.37. The lowest BCUT2D eigenvalue weighted by Gasteiger charge is -2.42. The molecule has 2 atom stereocenters. The number of alkyl halides is 1. The molecule has 1 amide bonds. The molecule has 0 saturated carbocycles. The number of carbonyl (C=O) groups excluding carboxylic acids is 4. The fraction of sp³-hybridized carbons (Fsp3) is 0.625. The number of hydrogen-bond acceptors (Lipinski definition) is 7. The average molecular weight is 390 g/mol. The van der Waals surface area contributed by atoms with Crippen LogP contribution in [0.1, 0.15) is 34.1 Å². The van der Waals surface area contributed by atoms with E-state index >= 15 is 0 Å². The Morgan fingerprint density at radius 2 is 1.88 bits per heavy atom. The van der Waals surface area contributed by atoms with Gasteiger partial charge in [0.05, 0.1) is 22.6 Å². The molecule has 0 aromatic heterocycles. The van der Waals surface area contributed by atoms with Crippen LogP contribution in [0.2, 0.25) is 0 Å². The lowest BCUT2D eigenvalue weighted by molar-refractivity contribution is -0.173.